The molecule has 7 heteroatoms. The monoisotopic (exact) mass is 561 g/mol. The number of nitrogens with one attached hydrogen (secondary N) is 1. The van der Waals surface area contributed by atoms with E-state index in [1.54, 1.807) is 5.57 Å². The Morgan fingerprint density at radius 2 is 2.08 bits per heavy atom. The largest absolute Gasteiger partial charge is 0.495 e. The minimum Gasteiger partial charge on any atom is -0.495 e. The number of aromatic nitrogens is 2. The Hall–Kier alpha value is -2.35. The molecule has 0 aromatic carbocycles. The van der Waals surface area contributed by atoms with Gasteiger partial charge in [-0.05, 0) is 68.4 Å². The first-order valence-electron chi connectivity index (χ1n) is 15.3. The first-order valence-corrected chi connectivity index (χ1v) is 16.3. The van der Waals surface area contributed by atoms with Crippen LogP contribution in [0.3, 0.4) is 0 Å². The molecule has 2 aliphatic carbocycles. The van der Waals surface area contributed by atoms with Crippen molar-refractivity contribution in [2.24, 2.45) is 23.9 Å². The highest BCUT2D eigenvalue weighted by Gasteiger charge is 2.34. The molecule has 1 fully saturated rings. The molecule has 0 saturated carbocycles. The minimum atomic E-state index is 0.361. The van der Waals surface area contributed by atoms with Gasteiger partial charge in [-0.3, -0.25) is 4.99 Å². The Balaban J connectivity index is 1.19. The molecule has 0 radical (unpaired) electrons. The summed E-state index contributed by atoms with van der Waals surface area (Å²) in [7, 11) is 2.18. The van der Waals surface area contributed by atoms with Crippen LogP contribution in [0.4, 0.5) is 0 Å². The van der Waals surface area contributed by atoms with Crippen LogP contribution in [0.2, 0.25) is 0 Å². The molecule has 3 unspecified atom stereocenters. The number of morpholine rings is 1. The third-order valence-electron chi connectivity index (χ3n) is 8.79. The van der Waals surface area contributed by atoms with Crippen molar-refractivity contribution >= 4 is 23.5 Å². The van der Waals surface area contributed by atoms with Gasteiger partial charge in [0.1, 0.15) is 12.4 Å². The predicted molar refractivity (Wildman–Crippen MR) is 169 cm³/mol. The van der Waals surface area contributed by atoms with E-state index in [-0.39, 0.29) is 0 Å². The standard InChI is InChI=1S/C33H47N5OS/c1-6-29-32(28-11-8-10-23(3)26(28)12-15-34-7-2)37(5)33(36-29)40-21-9-17-38-18-13-25-22-30-31(35-16-20-39-30)24(4)27(25)14-19-38/h8,10-12,15,22-24,31,35H,6-7,9,13-14,16-21H2,1-5H3/b26-12+,34-15?. The quantitative estimate of drug-likeness (QED) is 0.228. The van der Waals surface area contributed by atoms with E-state index in [4.69, 9.17) is 9.72 Å². The zero-order valence-corrected chi connectivity index (χ0v) is 25.9. The predicted octanol–water partition coefficient (Wildman–Crippen LogP) is 5.99. The lowest BCUT2D eigenvalue weighted by atomic mass is 9.81. The van der Waals surface area contributed by atoms with Crippen LogP contribution in [-0.4, -0.2) is 71.8 Å². The molecular weight excluding hydrogens is 514 g/mol. The lowest BCUT2D eigenvalue weighted by Gasteiger charge is -2.37. The van der Waals surface area contributed by atoms with Crippen LogP contribution in [0.15, 0.2) is 63.0 Å². The summed E-state index contributed by atoms with van der Waals surface area (Å²) in [6.07, 6.45) is 17.6. The molecule has 5 rings (SSSR count). The van der Waals surface area contributed by atoms with Crippen LogP contribution in [0.1, 0.15) is 58.3 Å². The number of aryl methyl sites for hydroxylation is 1. The number of nitrogens with zero attached hydrogens (tertiary/aromatic N) is 4. The van der Waals surface area contributed by atoms with Crippen LogP contribution in [0, 0.1) is 11.8 Å². The SMILES string of the molecule is CCN=C/C=C1/C(c2c(CC)nc(SCCCN3CCC4=C(CC3)C(C)C3NCCOC3=C4)n2C)=CC=CC1C. The van der Waals surface area contributed by atoms with Gasteiger partial charge in [0.15, 0.2) is 5.16 Å². The maximum atomic E-state index is 6.01. The van der Waals surface area contributed by atoms with E-state index in [1.807, 2.05) is 18.0 Å². The molecule has 0 amide bonds. The Labute approximate surface area is 245 Å². The van der Waals surface area contributed by atoms with Crippen LogP contribution in [0.25, 0.3) is 5.57 Å². The van der Waals surface area contributed by atoms with E-state index < -0.39 is 0 Å². The van der Waals surface area contributed by atoms with Gasteiger partial charge >= 0.3 is 0 Å². The lowest BCUT2D eigenvalue weighted by molar-refractivity contribution is 0.131. The second-order valence-corrected chi connectivity index (χ2v) is 12.4. The highest BCUT2D eigenvalue weighted by Crippen LogP contribution is 2.38. The number of allylic oxidation sites excluding steroid dienone is 7. The van der Waals surface area contributed by atoms with Crippen molar-refractivity contribution in [3.63, 3.8) is 0 Å². The molecule has 3 heterocycles. The van der Waals surface area contributed by atoms with Gasteiger partial charge in [-0.25, -0.2) is 4.98 Å². The van der Waals surface area contributed by atoms with E-state index in [0.717, 1.165) is 68.8 Å². The Morgan fingerprint density at radius 1 is 1.23 bits per heavy atom. The smallest absolute Gasteiger partial charge is 0.168 e. The number of hydrogen-bond donors (Lipinski definition) is 1. The molecule has 216 valence electrons. The zero-order chi connectivity index (χ0) is 28.1. The summed E-state index contributed by atoms with van der Waals surface area (Å²) in [6, 6.07) is 0.366. The van der Waals surface area contributed by atoms with Gasteiger partial charge in [0.2, 0.25) is 0 Å². The Morgan fingerprint density at radius 3 is 2.90 bits per heavy atom. The molecule has 0 bridgehead atoms. The van der Waals surface area contributed by atoms with Crippen molar-refractivity contribution in [1.29, 1.82) is 0 Å². The van der Waals surface area contributed by atoms with E-state index in [2.05, 4.69) is 84.9 Å². The second-order valence-electron chi connectivity index (χ2n) is 11.3. The Kier molecular flexibility index (Phi) is 9.87. The molecule has 0 spiro atoms. The van der Waals surface area contributed by atoms with Crippen molar-refractivity contribution < 1.29 is 4.74 Å². The third kappa shape index (κ3) is 6.27. The molecule has 6 nitrogen and oxygen atoms in total. The summed E-state index contributed by atoms with van der Waals surface area (Å²) in [5, 5.41) is 4.80. The molecule has 1 N–H and O–H groups in total. The maximum absolute atomic E-state index is 6.01. The minimum absolute atomic E-state index is 0.361. The lowest BCUT2D eigenvalue weighted by Crippen LogP contribution is -2.45. The van der Waals surface area contributed by atoms with Crippen molar-refractivity contribution in [1.82, 2.24) is 19.8 Å². The summed E-state index contributed by atoms with van der Waals surface area (Å²) in [6.45, 7) is 14.9. The number of thioether (sulfide) groups is 1. The van der Waals surface area contributed by atoms with Crippen molar-refractivity contribution in [3.8, 4) is 0 Å². The fourth-order valence-corrected chi connectivity index (χ4v) is 7.47. The number of fused-ring (bicyclic) bond motifs is 1. The van der Waals surface area contributed by atoms with Crippen LogP contribution in [-0.2, 0) is 18.2 Å². The number of ether oxygens (including phenoxy) is 1. The summed E-state index contributed by atoms with van der Waals surface area (Å²) >= 11 is 1.90. The van der Waals surface area contributed by atoms with E-state index >= 15 is 0 Å². The normalized spacial score (nSPS) is 26.4. The van der Waals surface area contributed by atoms with Crippen LogP contribution >= 0.6 is 11.8 Å². The number of aliphatic imine (C=N–C) groups is 1. The van der Waals surface area contributed by atoms with Gasteiger partial charge in [-0.1, -0.05) is 56.3 Å². The van der Waals surface area contributed by atoms with Crippen LogP contribution < -0.4 is 5.32 Å². The van der Waals surface area contributed by atoms with Gasteiger partial charge in [0.05, 0.1) is 17.4 Å². The number of rotatable bonds is 9. The first kappa shape index (κ1) is 29.2. The van der Waals surface area contributed by atoms with E-state index in [1.165, 1.54) is 40.9 Å². The van der Waals surface area contributed by atoms with Gasteiger partial charge in [0.25, 0.3) is 0 Å². The highest BCUT2D eigenvalue weighted by atomic mass is 32.2. The maximum Gasteiger partial charge on any atom is 0.168 e. The zero-order valence-electron chi connectivity index (χ0n) is 25.1. The molecule has 1 aromatic heterocycles. The van der Waals surface area contributed by atoms with Gasteiger partial charge < -0.3 is 19.5 Å². The first-order chi connectivity index (χ1) is 19.5. The summed E-state index contributed by atoms with van der Waals surface area (Å²) < 4.78 is 8.33. The van der Waals surface area contributed by atoms with Gasteiger partial charge in [0, 0.05) is 56.7 Å². The average Bonchev–Trinajstić information content (AvgIpc) is 3.13. The Bertz CT molecular complexity index is 1250. The highest BCUT2D eigenvalue weighted by molar-refractivity contribution is 7.99. The van der Waals surface area contributed by atoms with Crippen molar-refractivity contribution in [3.05, 3.63) is 64.2 Å². The van der Waals surface area contributed by atoms with E-state index in [9.17, 15) is 0 Å². The number of hydrogen-bond acceptors (Lipinski definition) is 6. The fourth-order valence-electron chi connectivity index (χ4n) is 6.56. The summed E-state index contributed by atoms with van der Waals surface area (Å²) in [5.74, 6) is 3.14. The molecule has 3 atom stereocenters. The molecule has 1 saturated heterocycles. The van der Waals surface area contributed by atoms with Crippen molar-refractivity contribution in [2.75, 3.05) is 45.1 Å². The fraction of sp³-hybridized carbons (Fsp3) is 0.576. The van der Waals surface area contributed by atoms with Gasteiger partial charge in [-0.2, -0.15) is 0 Å². The van der Waals surface area contributed by atoms with Crippen molar-refractivity contribution in [2.45, 2.75) is 64.6 Å². The molecule has 2 aliphatic heterocycles. The molecule has 40 heavy (non-hydrogen) atoms. The summed E-state index contributed by atoms with van der Waals surface area (Å²) in [5.41, 5.74) is 8.21. The topological polar surface area (TPSA) is 54.7 Å². The number of imidazole rings is 1. The molecular formula is C33H47N5OS. The van der Waals surface area contributed by atoms with Crippen LogP contribution in [0.5, 0.6) is 0 Å². The summed E-state index contributed by atoms with van der Waals surface area (Å²) in [4.78, 5) is 12.2. The molecule has 1 aromatic rings. The van der Waals surface area contributed by atoms with E-state index in [0.29, 0.717) is 17.9 Å². The second kappa shape index (κ2) is 13.5. The average molecular weight is 562 g/mol. The van der Waals surface area contributed by atoms with Gasteiger partial charge in [-0.15, -0.1) is 0 Å². The molecule has 4 aliphatic rings. The third-order valence-corrected chi connectivity index (χ3v) is 9.90.